The van der Waals surface area contributed by atoms with E-state index in [0.29, 0.717) is 17.1 Å². The molecule has 1 fully saturated rings. The van der Waals surface area contributed by atoms with E-state index in [-0.39, 0.29) is 10.7 Å². The van der Waals surface area contributed by atoms with Crippen LogP contribution in [0.1, 0.15) is 30.1 Å². The lowest BCUT2D eigenvalue weighted by molar-refractivity contribution is 0.0949. The Labute approximate surface area is 125 Å². The maximum Gasteiger partial charge on any atom is 0.252 e. The zero-order valence-electron chi connectivity index (χ0n) is 10.1. The van der Waals surface area contributed by atoms with Gasteiger partial charge in [-0.3, -0.25) is 4.79 Å². The van der Waals surface area contributed by atoms with Gasteiger partial charge in [0.05, 0.1) is 5.56 Å². The summed E-state index contributed by atoms with van der Waals surface area (Å²) < 4.78 is 0.922. The first-order chi connectivity index (χ1) is 8.50. The highest BCUT2D eigenvalue weighted by atomic mass is 79.9. The first kappa shape index (κ1) is 14.2. The smallest absolute Gasteiger partial charge is 0.252 e. The standard InChI is InChI=1S/C13H15BrClNOS/c1-13(5-2-6-18-13)8-16-12(17)10-4-3-9(15)7-11(10)14/h3-4,7H,2,5-6,8H2,1H3,(H,16,17). The molecule has 98 valence electrons. The van der Waals surface area contributed by atoms with Crippen molar-refractivity contribution in [2.24, 2.45) is 0 Å². The molecule has 1 atom stereocenters. The molecule has 0 bridgehead atoms. The number of carbonyl (C=O) groups is 1. The molecule has 1 aliphatic rings. The van der Waals surface area contributed by atoms with Gasteiger partial charge in [0.2, 0.25) is 0 Å². The Kier molecular flexibility index (Phi) is 4.62. The van der Waals surface area contributed by atoms with Crippen LogP contribution in [-0.4, -0.2) is 23.0 Å². The number of rotatable bonds is 3. The van der Waals surface area contributed by atoms with Crippen LogP contribution in [0, 0.1) is 0 Å². The number of nitrogens with one attached hydrogen (secondary N) is 1. The highest BCUT2D eigenvalue weighted by Gasteiger charge is 2.29. The normalized spacial score (nSPS) is 23.1. The fourth-order valence-corrected chi connectivity index (χ4v) is 4.12. The number of carbonyl (C=O) groups excluding carboxylic acids is 1. The van der Waals surface area contributed by atoms with E-state index in [1.165, 1.54) is 18.6 Å². The van der Waals surface area contributed by atoms with Gasteiger partial charge < -0.3 is 5.32 Å². The predicted octanol–water partition coefficient (Wildman–Crippen LogP) is 4.12. The zero-order valence-corrected chi connectivity index (χ0v) is 13.3. The highest BCUT2D eigenvalue weighted by Crippen LogP contribution is 2.37. The SMILES string of the molecule is CC1(CNC(=O)c2ccc(Cl)cc2Br)CCCS1. The Hall–Kier alpha value is -0.190. The van der Waals surface area contributed by atoms with Crippen LogP contribution in [0.5, 0.6) is 0 Å². The van der Waals surface area contributed by atoms with Crippen molar-refractivity contribution >= 4 is 45.2 Å². The van der Waals surface area contributed by atoms with Gasteiger partial charge in [0.25, 0.3) is 5.91 Å². The molecular weight excluding hydrogens is 334 g/mol. The van der Waals surface area contributed by atoms with Crippen molar-refractivity contribution in [1.82, 2.24) is 5.32 Å². The van der Waals surface area contributed by atoms with E-state index in [2.05, 4.69) is 28.2 Å². The van der Waals surface area contributed by atoms with Crippen LogP contribution in [0.2, 0.25) is 5.02 Å². The molecule has 1 aliphatic heterocycles. The van der Waals surface area contributed by atoms with Crippen LogP contribution in [0.15, 0.2) is 22.7 Å². The van der Waals surface area contributed by atoms with Gasteiger partial charge in [0.1, 0.15) is 0 Å². The molecule has 1 heterocycles. The van der Waals surface area contributed by atoms with Gasteiger partial charge in [0, 0.05) is 20.8 Å². The third-order valence-corrected chi connectivity index (χ3v) is 5.53. The van der Waals surface area contributed by atoms with Gasteiger partial charge in [0.15, 0.2) is 0 Å². The summed E-state index contributed by atoms with van der Waals surface area (Å²) in [7, 11) is 0. The minimum Gasteiger partial charge on any atom is -0.351 e. The van der Waals surface area contributed by atoms with E-state index in [1.54, 1.807) is 18.2 Å². The molecule has 5 heteroatoms. The first-order valence-corrected chi connectivity index (χ1v) is 8.03. The van der Waals surface area contributed by atoms with Gasteiger partial charge in [-0.25, -0.2) is 0 Å². The molecule has 1 aromatic rings. The van der Waals surface area contributed by atoms with E-state index in [0.717, 1.165) is 4.47 Å². The number of thioether (sulfide) groups is 1. The molecule has 0 saturated carbocycles. The number of benzene rings is 1. The Morgan fingerprint density at radius 2 is 2.39 bits per heavy atom. The minimum atomic E-state index is -0.0488. The maximum atomic E-state index is 12.1. The van der Waals surface area contributed by atoms with E-state index in [4.69, 9.17) is 11.6 Å². The second kappa shape index (κ2) is 5.85. The lowest BCUT2D eigenvalue weighted by Crippen LogP contribution is -2.36. The molecule has 1 aromatic carbocycles. The van der Waals surface area contributed by atoms with Gasteiger partial charge >= 0.3 is 0 Å². The monoisotopic (exact) mass is 347 g/mol. The van der Waals surface area contributed by atoms with E-state index in [1.807, 2.05) is 11.8 Å². The molecule has 1 unspecified atom stereocenters. The molecule has 1 amide bonds. The Bertz CT molecular complexity index is 460. The van der Waals surface area contributed by atoms with E-state index in [9.17, 15) is 4.79 Å². The largest absolute Gasteiger partial charge is 0.351 e. The van der Waals surface area contributed by atoms with E-state index < -0.39 is 0 Å². The molecule has 0 spiro atoms. The molecule has 0 aliphatic carbocycles. The van der Waals surface area contributed by atoms with Crippen LogP contribution in [-0.2, 0) is 0 Å². The van der Waals surface area contributed by atoms with Gasteiger partial charge in [-0.2, -0.15) is 11.8 Å². The van der Waals surface area contributed by atoms with Crippen molar-refractivity contribution in [3.63, 3.8) is 0 Å². The fraction of sp³-hybridized carbons (Fsp3) is 0.462. The zero-order chi connectivity index (χ0) is 13.2. The molecule has 0 aromatic heterocycles. The number of halogens is 2. The van der Waals surface area contributed by atoms with Gasteiger partial charge in [-0.1, -0.05) is 11.6 Å². The summed E-state index contributed by atoms with van der Waals surface area (Å²) in [5.74, 6) is 1.14. The van der Waals surface area contributed by atoms with Gasteiger partial charge in [-0.05, 0) is 59.6 Å². The van der Waals surface area contributed by atoms with E-state index >= 15 is 0 Å². The first-order valence-electron chi connectivity index (χ1n) is 5.87. The summed E-state index contributed by atoms with van der Waals surface area (Å²) >= 11 is 11.2. The summed E-state index contributed by atoms with van der Waals surface area (Å²) in [6.07, 6.45) is 2.40. The Balaban J connectivity index is 1.99. The minimum absolute atomic E-state index is 0.0488. The Morgan fingerprint density at radius 1 is 1.61 bits per heavy atom. The second-order valence-electron chi connectivity index (χ2n) is 4.71. The topological polar surface area (TPSA) is 29.1 Å². The lowest BCUT2D eigenvalue weighted by Gasteiger charge is -2.23. The molecule has 1 saturated heterocycles. The molecule has 2 rings (SSSR count). The predicted molar refractivity (Wildman–Crippen MR) is 81.6 cm³/mol. The summed E-state index contributed by atoms with van der Waals surface area (Å²) in [6.45, 7) is 2.92. The van der Waals surface area contributed by atoms with Crippen molar-refractivity contribution in [1.29, 1.82) is 0 Å². The number of hydrogen-bond donors (Lipinski definition) is 1. The molecule has 2 nitrogen and oxygen atoms in total. The number of amides is 1. The van der Waals surface area contributed by atoms with Crippen LogP contribution < -0.4 is 5.32 Å². The van der Waals surface area contributed by atoms with Crippen molar-refractivity contribution in [3.05, 3.63) is 33.3 Å². The Morgan fingerprint density at radius 3 is 3.00 bits per heavy atom. The van der Waals surface area contributed by atoms with Crippen molar-refractivity contribution in [2.75, 3.05) is 12.3 Å². The highest BCUT2D eigenvalue weighted by molar-refractivity contribution is 9.10. The molecular formula is C13H15BrClNOS. The maximum absolute atomic E-state index is 12.1. The average Bonchev–Trinajstić information content (AvgIpc) is 2.74. The molecule has 18 heavy (non-hydrogen) atoms. The fourth-order valence-electron chi connectivity index (χ4n) is 2.01. The number of hydrogen-bond acceptors (Lipinski definition) is 2. The molecule has 1 N–H and O–H groups in total. The van der Waals surface area contributed by atoms with Crippen LogP contribution in [0.25, 0.3) is 0 Å². The average molecular weight is 349 g/mol. The summed E-state index contributed by atoms with van der Waals surface area (Å²) in [5.41, 5.74) is 0.631. The third kappa shape index (κ3) is 3.43. The van der Waals surface area contributed by atoms with Crippen LogP contribution in [0.3, 0.4) is 0 Å². The van der Waals surface area contributed by atoms with Gasteiger partial charge in [-0.15, -0.1) is 0 Å². The lowest BCUT2D eigenvalue weighted by atomic mass is 10.1. The summed E-state index contributed by atoms with van der Waals surface area (Å²) in [4.78, 5) is 12.1. The summed E-state index contributed by atoms with van der Waals surface area (Å²) in [6, 6.07) is 5.21. The van der Waals surface area contributed by atoms with Crippen molar-refractivity contribution in [3.8, 4) is 0 Å². The van der Waals surface area contributed by atoms with Crippen molar-refractivity contribution < 1.29 is 4.79 Å². The third-order valence-electron chi connectivity index (χ3n) is 3.10. The molecule has 0 radical (unpaired) electrons. The second-order valence-corrected chi connectivity index (χ2v) is 7.68. The van der Waals surface area contributed by atoms with Crippen LogP contribution in [0.4, 0.5) is 0 Å². The van der Waals surface area contributed by atoms with Crippen LogP contribution >= 0.6 is 39.3 Å². The van der Waals surface area contributed by atoms with Crippen molar-refractivity contribution in [2.45, 2.75) is 24.5 Å². The quantitative estimate of drug-likeness (QED) is 0.890. The summed E-state index contributed by atoms with van der Waals surface area (Å²) in [5, 5.41) is 3.63.